The lowest BCUT2D eigenvalue weighted by Gasteiger charge is -2.06. The molecule has 0 spiro atoms. The highest BCUT2D eigenvalue weighted by atomic mass is 19.1. The van der Waals surface area contributed by atoms with Crippen LogP contribution in [0.4, 0.5) is 14.5 Å². The van der Waals surface area contributed by atoms with Crippen LogP contribution < -0.4 is 5.32 Å². The number of carbonyl (C=O) groups is 1. The van der Waals surface area contributed by atoms with E-state index in [9.17, 15) is 13.6 Å². The van der Waals surface area contributed by atoms with Crippen molar-refractivity contribution in [2.24, 2.45) is 0 Å². The van der Waals surface area contributed by atoms with E-state index in [-0.39, 0.29) is 6.42 Å². The number of benzene rings is 1. The van der Waals surface area contributed by atoms with Crippen LogP contribution in [0, 0.1) is 11.6 Å². The zero-order valence-electron chi connectivity index (χ0n) is 8.71. The van der Waals surface area contributed by atoms with Crippen LogP contribution >= 0.6 is 0 Å². The highest BCUT2D eigenvalue weighted by Gasteiger charge is 2.12. The Hall–Kier alpha value is -2.24. The van der Waals surface area contributed by atoms with Gasteiger partial charge >= 0.3 is 0 Å². The molecule has 17 heavy (non-hydrogen) atoms. The number of hydrogen-bond donors (Lipinski definition) is 2. The predicted molar refractivity (Wildman–Crippen MR) is 57.3 cm³/mol. The summed E-state index contributed by atoms with van der Waals surface area (Å²) in [6.07, 6.45) is 1.47. The SMILES string of the molecule is O=C(Cc1ccn[nH]1)Nc1c(F)cccc1F. The number of hydrogen-bond acceptors (Lipinski definition) is 2. The van der Waals surface area contributed by atoms with Crippen molar-refractivity contribution in [3.8, 4) is 0 Å². The predicted octanol–water partition coefficient (Wildman–Crippen LogP) is 1.87. The fraction of sp³-hybridized carbons (Fsp3) is 0.0909. The third kappa shape index (κ3) is 2.66. The van der Waals surface area contributed by atoms with Crippen LogP contribution in [0.1, 0.15) is 5.69 Å². The summed E-state index contributed by atoms with van der Waals surface area (Å²) in [5.74, 6) is -2.12. The number of anilines is 1. The Balaban J connectivity index is 2.08. The Morgan fingerprint density at radius 3 is 2.59 bits per heavy atom. The number of nitrogens with one attached hydrogen (secondary N) is 2. The molecule has 0 atom stereocenters. The largest absolute Gasteiger partial charge is 0.321 e. The number of carbonyl (C=O) groups excluding carboxylic acids is 1. The molecular formula is C11H9F2N3O. The second kappa shape index (κ2) is 4.73. The molecule has 2 N–H and O–H groups in total. The average Bonchev–Trinajstić information content (AvgIpc) is 2.76. The van der Waals surface area contributed by atoms with E-state index in [0.717, 1.165) is 12.1 Å². The van der Waals surface area contributed by atoms with E-state index in [2.05, 4.69) is 15.5 Å². The summed E-state index contributed by atoms with van der Waals surface area (Å²) >= 11 is 0. The van der Waals surface area contributed by atoms with Crippen LogP contribution in [-0.4, -0.2) is 16.1 Å². The standard InChI is InChI=1S/C11H9F2N3O/c12-8-2-1-3-9(13)11(8)15-10(17)6-7-4-5-14-16-7/h1-5H,6H2,(H,14,16)(H,15,17). The quantitative estimate of drug-likeness (QED) is 0.856. The van der Waals surface area contributed by atoms with Crippen molar-refractivity contribution in [1.82, 2.24) is 10.2 Å². The van der Waals surface area contributed by atoms with Gasteiger partial charge in [-0.15, -0.1) is 0 Å². The molecule has 0 bridgehead atoms. The molecule has 2 aromatic rings. The fourth-order valence-electron chi connectivity index (χ4n) is 1.36. The maximum atomic E-state index is 13.2. The molecule has 1 aromatic heterocycles. The summed E-state index contributed by atoms with van der Waals surface area (Å²) in [5, 5.41) is 8.43. The Kier molecular flexibility index (Phi) is 3.13. The zero-order valence-corrected chi connectivity index (χ0v) is 8.71. The molecule has 1 aromatic carbocycles. The third-order valence-electron chi connectivity index (χ3n) is 2.14. The van der Waals surface area contributed by atoms with E-state index in [4.69, 9.17) is 0 Å². The van der Waals surface area contributed by atoms with Crippen LogP contribution in [0.5, 0.6) is 0 Å². The van der Waals surface area contributed by atoms with Crippen molar-refractivity contribution in [2.45, 2.75) is 6.42 Å². The molecule has 0 saturated carbocycles. The topological polar surface area (TPSA) is 57.8 Å². The van der Waals surface area contributed by atoms with Crippen LogP contribution in [0.25, 0.3) is 0 Å². The van der Waals surface area contributed by atoms with Crippen LogP contribution in [0.3, 0.4) is 0 Å². The number of halogens is 2. The van der Waals surface area contributed by atoms with Gasteiger partial charge in [-0.2, -0.15) is 5.10 Å². The first-order valence-corrected chi connectivity index (χ1v) is 4.89. The summed E-state index contributed by atoms with van der Waals surface area (Å²) in [6.45, 7) is 0. The van der Waals surface area contributed by atoms with Crippen LogP contribution in [-0.2, 0) is 11.2 Å². The molecule has 88 valence electrons. The van der Waals surface area contributed by atoms with Crippen LogP contribution in [0.15, 0.2) is 30.5 Å². The van der Waals surface area contributed by atoms with Crippen molar-refractivity contribution in [3.05, 3.63) is 47.8 Å². The van der Waals surface area contributed by atoms with Gasteiger partial charge in [0.1, 0.15) is 17.3 Å². The highest BCUT2D eigenvalue weighted by molar-refractivity contribution is 5.92. The summed E-state index contributed by atoms with van der Waals surface area (Å²) in [5.41, 5.74) is 0.135. The smallest absolute Gasteiger partial charge is 0.230 e. The lowest BCUT2D eigenvalue weighted by atomic mass is 10.2. The van der Waals surface area contributed by atoms with Gasteiger partial charge in [0.25, 0.3) is 0 Å². The number of nitrogens with zero attached hydrogens (tertiary/aromatic N) is 1. The number of H-pyrrole nitrogens is 1. The van der Waals surface area contributed by atoms with E-state index in [1.54, 1.807) is 6.07 Å². The van der Waals surface area contributed by atoms with Gasteiger partial charge in [0, 0.05) is 11.9 Å². The summed E-state index contributed by atoms with van der Waals surface area (Å²) < 4.78 is 26.4. The fourth-order valence-corrected chi connectivity index (χ4v) is 1.36. The van der Waals surface area contributed by atoms with Gasteiger partial charge in [-0.25, -0.2) is 8.78 Å². The van der Waals surface area contributed by atoms with Gasteiger partial charge in [0.15, 0.2) is 0 Å². The molecule has 0 aliphatic carbocycles. The second-order valence-electron chi connectivity index (χ2n) is 3.40. The molecule has 1 amide bonds. The third-order valence-corrected chi connectivity index (χ3v) is 2.14. The van der Waals surface area contributed by atoms with Crippen LogP contribution in [0.2, 0.25) is 0 Å². The van der Waals surface area contributed by atoms with Gasteiger partial charge in [0.05, 0.1) is 6.42 Å². The number of aromatic nitrogens is 2. The van der Waals surface area contributed by atoms with E-state index in [1.165, 1.54) is 12.3 Å². The number of aromatic amines is 1. The average molecular weight is 237 g/mol. The molecule has 4 nitrogen and oxygen atoms in total. The van der Waals surface area contributed by atoms with E-state index < -0.39 is 23.2 Å². The molecule has 0 fully saturated rings. The molecule has 0 radical (unpaired) electrons. The summed E-state index contributed by atoms with van der Waals surface area (Å²) in [7, 11) is 0. The number of rotatable bonds is 3. The Labute approximate surface area is 95.7 Å². The first kappa shape index (κ1) is 11.3. The molecule has 6 heteroatoms. The van der Waals surface area contributed by atoms with Gasteiger partial charge in [-0.1, -0.05) is 6.07 Å². The zero-order chi connectivity index (χ0) is 12.3. The molecular weight excluding hydrogens is 228 g/mol. The van der Waals surface area contributed by atoms with Crippen molar-refractivity contribution >= 4 is 11.6 Å². The summed E-state index contributed by atoms with van der Waals surface area (Å²) in [4.78, 5) is 11.5. The van der Waals surface area contributed by atoms with Gasteiger partial charge in [-0.3, -0.25) is 9.89 Å². The van der Waals surface area contributed by atoms with E-state index in [1.807, 2.05) is 0 Å². The molecule has 2 rings (SSSR count). The minimum Gasteiger partial charge on any atom is -0.321 e. The monoisotopic (exact) mass is 237 g/mol. The van der Waals surface area contributed by atoms with Crippen molar-refractivity contribution in [1.29, 1.82) is 0 Å². The van der Waals surface area contributed by atoms with Crippen molar-refractivity contribution in [2.75, 3.05) is 5.32 Å². The minimum absolute atomic E-state index is 0.0201. The van der Waals surface area contributed by atoms with Crippen molar-refractivity contribution < 1.29 is 13.6 Å². The summed E-state index contributed by atoms with van der Waals surface area (Å²) in [6, 6.07) is 5.00. The highest BCUT2D eigenvalue weighted by Crippen LogP contribution is 2.18. The molecule has 0 saturated heterocycles. The Morgan fingerprint density at radius 2 is 2.00 bits per heavy atom. The molecule has 0 unspecified atom stereocenters. The normalized spacial score (nSPS) is 10.2. The lowest BCUT2D eigenvalue weighted by molar-refractivity contribution is -0.115. The van der Waals surface area contributed by atoms with Crippen molar-refractivity contribution in [3.63, 3.8) is 0 Å². The molecule has 0 aliphatic heterocycles. The Bertz CT molecular complexity index is 505. The van der Waals surface area contributed by atoms with Gasteiger partial charge in [-0.05, 0) is 18.2 Å². The number of para-hydroxylation sites is 1. The number of amides is 1. The van der Waals surface area contributed by atoms with E-state index in [0.29, 0.717) is 5.69 Å². The molecule has 0 aliphatic rings. The first-order chi connectivity index (χ1) is 8.16. The Morgan fingerprint density at radius 1 is 1.29 bits per heavy atom. The minimum atomic E-state index is -0.803. The maximum Gasteiger partial charge on any atom is 0.230 e. The lowest BCUT2D eigenvalue weighted by Crippen LogP contribution is -2.16. The van der Waals surface area contributed by atoms with Gasteiger partial charge in [0.2, 0.25) is 5.91 Å². The van der Waals surface area contributed by atoms with Gasteiger partial charge < -0.3 is 5.32 Å². The molecule has 1 heterocycles. The maximum absolute atomic E-state index is 13.2. The van der Waals surface area contributed by atoms with E-state index >= 15 is 0 Å². The second-order valence-corrected chi connectivity index (χ2v) is 3.40. The first-order valence-electron chi connectivity index (χ1n) is 4.89.